The minimum absolute atomic E-state index is 0.514. The summed E-state index contributed by atoms with van der Waals surface area (Å²) in [5.41, 5.74) is 2.63. The lowest BCUT2D eigenvalue weighted by atomic mass is 9.99. The van der Waals surface area contributed by atoms with Gasteiger partial charge in [-0.3, -0.25) is 0 Å². The molecule has 3 atom stereocenters. The lowest BCUT2D eigenvalue weighted by molar-refractivity contribution is 0.410. The summed E-state index contributed by atoms with van der Waals surface area (Å²) in [6, 6.07) is 7.06. The van der Waals surface area contributed by atoms with E-state index >= 15 is 0 Å². The van der Waals surface area contributed by atoms with Gasteiger partial charge in [-0.2, -0.15) is 0 Å². The molecular formula is C15H23NO. The first-order valence-corrected chi connectivity index (χ1v) is 6.55. The fourth-order valence-corrected chi connectivity index (χ4v) is 2.65. The average Bonchev–Trinajstić information content (AvgIpc) is 3.03. The summed E-state index contributed by atoms with van der Waals surface area (Å²) in [6.45, 7) is 7.66. The Kier molecular flexibility index (Phi) is 3.72. The maximum absolute atomic E-state index is 5.32. The molecule has 1 N–H and O–H groups in total. The lowest BCUT2D eigenvalue weighted by Crippen LogP contribution is -2.23. The number of methoxy groups -OCH3 is 1. The summed E-state index contributed by atoms with van der Waals surface area (Å²) in [7, 11) is 1.73. The molecule has 1 fully saturated rings. The van der Waals surface area contributed by atoms with Gasteiger partial charge in [-0.25, -0.2) is 0 Å². The summed E-state index contributed by atoms with van der Waals surface area (Å²) in [5.74, 6) is 2.65. The second kappa shape index (κ2) is 5.09. The van der Waals surface area contributed by atoms with E-state index in [-0.39, 0.29) is 0 Å². The Morgan fingerprint density at radius 1 is 1.47 bits per heavy atom. The number of benzene rings is 1. The first-order valence-electron chi connectivity index (χ1n) is 6.55. The number of nitrogens with one attached hydrogen (secondary N) is 1. The molecule has 1 aliphatic carbocycles. The van der Waals surface area contributed by atoms with Crippen LogP contribution in [0.1, 0.15) is 37.4 Å². The molecule has 17 heavy (non-hydrogen) atoms. The van der Waals surface area contributed by atoms with Gasteiger partial charge in [0.15, 0.2) is 0 Å². The maximum Gasteiger partial charge on any atom is 0.121 e. The summed E-state index contributed by atoms with van der Waals surface area (Å²) in [5, 5.41) is 3.62. The van der Waals surface area contributed by atoms with Gasteiger partial charge in [0.05, 0.1) is 7.11 Å². The van der Waals surface area contributed by atoms with E-state index in [9.17, 15) is 0 Å². The van der Waals surface area contributed by atoms with Crippen molar-refractivity contribution in [3.8, 4) is 5.75 Å². The topological polar surface area (TPSA) is 21.3 Å². The van der Waals surface area contributed by atoms with E-state index in [0.29, 0.717) is 6.04 Å². The molecule has 0 aromatic heterocycles. The van der Waals surface area contributed by atoms with Gasteiger partial charge in [-0.15, -0.1) is 0 Å². The minimum atomic E-state index is 0.514. The molecule has 0 heterocycles. The van der Waals surface area contributed by atoms with Crippen LogP contribution in [0.4, 0.5) is 0 Å². The van der Waals surface area contributed by atoms with E-state index in [1.165, 1.54) is 17.5 Å². The number of rotatable bonds is 5. The number of ether oxygens (including phenoxy) is 1. The van der Waals surface area contributed by atoms with Crippen LogP contribution < -0.4 is 10.1 Å². The minimum Gasteiger partial charge on any atom is -0.496 e. The molecule has 1 aliphatic rings. The molecule has 1 aromatic rings. The van der Waals surface area contributed by atoms with E-state index in [0.717, 1.165) is 24.1 Å². The lowest BCUT2D eigenvalue weighted by Gasteiger charge is -2.19. The summed E-state index contributed by atoms with van der Waals surface area (Å²) in [4.78, 5) is 0. The monoisotopic (exact) mass is 233 g/mol. The first-order chi connectivity index (χ1) is 8.17. The third-order valence-corrected chi connectivity index (χ3v) is 3.80. The third-order valence-electron chi connectivity index (χ3n) is 3.80. The Balaban J connectivity index is 2.20. The highest BCUT2D eigenvalue weighted by atomic mass is 16.5. The average molecular weight is 233 g/mol. The Labute approximate surface area is 104 Å². The highest BCUT2D eigenvalue weighted by Crippen LogP contribution is 2.47. The predicted octanol–water partition coefficient (Wildman–Crippen LogP) is 3.31. The van der Waals surface area contributed by atoms with Crippen LogP contribution in [-0.2, 0) is 0 Å². The van der Waals surface area contributed by atoms with Gasteiger partial charge in [0.1, 0.15) is 5.75 Å². The van der Waals surface area contributed by atoms with Crippen molar-refractivity contribution in [1.82, 2.24) is 5.32 Å². The fraction of sp³-hybridized carbons (Fsp3) is 0.600. The summed E-state index contributed by atoms with van der Waals surface area (Å²) < 4.78 is 5.32. The zero-order valence-corrected chi connectivity index (χ0v) is 11.3. The zero-order chi connectivity index (χ0) is 12.4. The van der Waals surface area contributed by atoms with Crippen molar-refractivity contribution in [2.75, 3.05) is 13.7 Å². The van der Waals surface area contributed by atoms with Gasteiger partial charge in [0.2, 0.25) is 0 Å². The molecule has 0 bridgehead atoms. The summed E-state index contributed by atoms with van der Waals surface area (Å²) in [6.07, 6.45) is 1.35. The van der Waals surface area contributed by atoms with Crippen molar-refractivity contribution >= 4 is 0 Å². The molecule has 2 nitrogen and oxygen atoms in total. The first kappa shape index (κ1) is 12.4. The SMILES string of the molecule is CCNC(c1ccc(OC)c(C)c1)C1CC1C. The van der Waals surface area contributed by atoms with Gasteiger partial charge < -0.3 is 10.1 Å². The smallest absolute Gasteiger partial charge is 0.121 e. The molecule has 1 saturated carbocycles. The third kappa shape index (κ3) is 2.63. The van der Waals surface area contributed by atoms with E-state index in [2.05, 4.69) is 44.3 Å². The van der Waals surface area contributed by atoms with Crippen LogP contribution in [0.2, 0.25) is 0 Å². The van der Waals surface area contributed by atoms with E-state index in [1.807, 2.05) is 0 Å². The fourth-order valence-electron chi connectivity index (χ4n) is 2.65. The largest absolute Gasteiger partial charge is 0.496 e. The highest BCUT2D eigenvalue weighted by molar-refractivity contribution is 5.38. The molecule has 0 aliphatic heterocycles. The maximum atomic E-state index is 5.32. The van der Waals surface area contributed by atoms with E-state index < -0.39 is 0 Å². The van der Waals surface area contributed by atoms with Crippen molar-refractivity contribution in [1.29, 1.82) is 0 Å². The molecule has 0 spiro atoms. The van der Waals surface area contributed by atoms with Gasteiger partial charge in [-0.1, -0.05) is 26.0 Å². The standard InChI is InChI=1S/C15H23NO/c1-5-16-15(13-9-10(13)2)12-6-7-14(17-4)11(3)8-12/h6-8,10,13,15-16H,5,9H2,1-4H3. The molecule has 2 rings (SSSR count). The van der Waals surface area contributed by atoms with Crippen molar-refractivity contribution in [2.45, 2.75) is 33.2 Å². The Hall–Kier alpha value is -1.02. The predicted molar refractivity (Wildman–Crippen MR) is 71.4 cm³/mol. The molecule has 3 unspecified atom stereocenters. The number of hydrogen-bond donors (Lipinski definition) is 1. The van der Waals surface area contributed by atoms with Crippen LogP contribution in [0.5, 0.6) is 5.75 Å². The van der Waals surface area contributed by atoms with Crippen LogP contribution >= 0.6 is 0 Å². The van der Waals surface area contributed by atoms with Crippen molar-refractivity contribution in [3.63, 3.8) is 0 Å². The summed E-state index contributed by atoms with van der Waals surface area (Å²) >= 11 is 0. The number of aryl methyl sites for hydroxylation is 1. The van der Waals surface area contributed by atoms with Crippen LogP contribution in [-0.4, -0.2) is 13.7 Å². The van der Waals surface area contributed by atoms with Crippen molar-refractivity contribution in [3.05, 3.63) is 29.3 Å². The highest BCUT2D eigenvalue weighted by Gasteiger charge is 2.39. The Morgan fingerprint density at radius 2 is 2.18 bits per heavy atom. The van der Waals surface area contributed by atoms with Crippen LogP contribution in [0.25, 0.3) is 0 Å². The molecule has 0 amide bonds. The van der Waals surface area contributed by atoms with Crippen LogP contribution in [0.3, 0.4) is 0 Å². The van der Waals surface area contributed by atoms with Crippen molar-refractivity contribution in [2.24, 2.45) is 11.8 Å². The van der Waals surface area contributed by atoms with Gasteiger partial charge in [0, 0.05) is 6.04 Å². The molecule has 1 aromatic carbocycles. The normalized spacial score (nSPS) is 24.5. The Morgan fingerprint density at radius 3 is 2.65 bits per heavy atom. The second-order valence-corrected chi connectivity index (χ2v) is 5.14. The quantitative estimate of drug-likeness (QED) is 0.842. The molecule has 0 saturated heterocycles. The van der Waals surface area contributed by atoms with Crippen molar-refractivity contribution < 1.29 is 4.74 Å². The molecular weight excluding hydrogens is 210 g/mol. The molecule has 94 valence electrons. The van der Waals surface area contributed by atoms with Gasteiger partial charge >= 0.3 is 0 Å². The van der Waals surface area contributed by atoms with Gasteiger partial charge in [0.25, 0.3) is 0 Å². The van der Waals surface area contributed by atoms with E-state index in [4.69, 9.17) is 4.74 Å². The van der Waals surface area contributed by atoms with E-state index in [1.54, 1.807) is 7.11 Å². The molecule has 2 heteroatoms. The second-order valence-electron chi connectivity index (χ2n) is 5.14. The van der Waals surface area contributed by atoms with Crippen LogP contribution in [0.15, 0.2) is 18.2 Å². The van der Waals surface area contributed by atoms with Gasteiger partial charge in [-0.05, 0) is 48.9 Å². The Bertz CT molecular complexity index is 389. The molecule has 0 radical (unpaired) electrons. The zero-order valence-electron chi connectivity index (χ0n) is 11.3. The van der Waals surface area contributed by atoms with Crippen LogP contribution in [0, 0.1) is 18.8 Å². The number of hydrogen-bond acceptors (Lipinski definition) is 2.